The molecule has 2 rings (SSSR count). The van der Waals surface area contributed by atoms with Gasteiger partial charge < -0.3 is 10.1 Å². The van der Waals surface area contributed by atoms with Crippen LogP contribution in [-0.4, -0.2) is 18.1 Å². The number of hydrogen-bond donors (Lipinski definition) is 1. The average Bonchev–Trinajstić information content (AvgIpc) is 2.38. The van der Waals surface area contributed by atoms with Gasteiger partial charge >= 0.3 is 0 Å². The smallest absolute Gasteiger partial charge is 0.115 e. The van der Waals surface area contributed by atoms with E-state index in [0.29, 0.717) is 10.0 Å². The molecular weight excluding hydrogens is 271 g/mol. The molecule has 0 amide bonds. The molecule has 1 aromatic rings. The normalized spacial score (nSPS) is 16.9. The van der Waals surface area contributed by atoms with Crippen LogP contribution < -0.4 is 5.32 Å². The van der Waals surface area contributed by atoms with E-state index in [4.69, 9.17) is 27.9 Å². The number of nitrogens with one attached hydrogen (secondary N) is 1. The summed E-state index contributed by atoms with van der Waals surface area (Å²) in [6, 6.07) is 1.61. The molecule has 0 aromatic carbocycles. The van der Waals surface area contributed by atoms with Crippen molar-refractivity contribution in [3.8, 4) is 0 Å². The Labute approximate surface area is 117 Å². The Morgan fingerprint density at radius 1 is 1.50 bits per heavy atom. The molecule has 1 aliphatic heterocycles. The summed E-state index contributed by atoms with van der Waals surface area (Å²) in [7, 11) is 0. The fourth-order valence-electron chi connectivity index (χ4n) is 1.95. The zero-order chi connectivity index (χ0) is 13.0. The monoisotopic (exact) mass is 286 g/mol. The van der Waals surface area contributed by atoms with E-state index in [2.05, 4.69) is 16.4 Å². The molecule has 3 nitrogen and oxygen atoms in total. The molecule has 1 aliphatic rings. The SMILES string of the molecule is CCNC(C1=CCCCO1)c1ncc(Cl)cc1Cl. The lowest BCUT2D eigenvalue weighted by atomic mass is 10.1. The van der Waals surface area contributed by atoms with Gasteiger partial charge in [0, 0.05) is 6.20 Å². The van der Waals surface area contributed by atoms with Crippen LogP contribution in [0.1, 0.15) is 31.5 Å². The minimum absolute atomic E-state index is 0.0972. The standard InChI is InChI=1S/C13H16Cl2N2O/c1-2-16-13(11-5-3-4-6-18-11)12-10(15)7-9(14)8-17-12/h5,7-8,13,16H,2-4,6H2,1H3. The van der Waals surface area contributed by atoms with E-state index < -0.39 is 0 Å². The van der Waals surface area contributed by atoms with Crippen molar-refractivity contribution in [2.24, 2.45) is 0 Å². The maximum atomic E-state index is 6.21. The molecule has 2 heterocycles. The van der Waals surface area contributed by atoms with Crippen LogP contribution in [0, 0.1) is 0 Å². The number of ether oxygens (including phenoxy) is 1. The Morgan fingerprint density at radius 3 is 2.94 bits per heavy atom. The van der Waals surface area contributed by atoms with Crippen molar-refractivity contribution in [3.63, 3.8) is 0 Å². The van der Waals surface area contributed by atoms with Crippen LogP contribution in [0.5, 0.6) is 0 Å². The van der Waals surface area contributed by atoms with E-state index in [9.17, 15) is 0 Å². The first-order chi connectivity index (χ1) is 8.72. The van der Waals surface area contributed by atoms with Gasteiger partial charge in [-0.3, -0.25) is 4.98 Å². The largest absolute Gasteiger partial charge is 0.496 e. The summed E-state index contributed by atoms with van der Waals surface area (Å²) in [6.45, 7) is 3.60. The number of allylic oxidation sites excluding steroid dienone is 1. The minimum Gasteiger partial charge on any atom is -0.496 e. The molecule has 18 heavy (non-hydrogen) atoms. The van der Waals surface area contributed by atoms with Crippen LogP contribution in [-0.2, 0) is 4.74 Å². The molecule has 0 saturated carbocycles. The van der Waals surface area contributed by atoms with E-state index in [1.165, 1.54) is 0 Å². The van der Waals surface area contributed by atoms with Crippen LogP contribution in [0.25, 0.3) is 0 Å². The third-order valence-electron chi connectivity index (χ3n) is 2.77. The summed E-state index contributed by atoms with van der Waals surface area (Å²) in [6.07, 6.45) is 5.80. The molecule has 0 fully saturated rings. The Balaban J connectivity index is 2.31. The van der Waals surface area contributed by atoms with Crippen LogP contribution in [0.3, 0.4) is 0 Å². The Bertz CT molecular complexity index is 449. The number of rotatable bonds is 4. The second-order valence-electron chi connectivity index (χ2n) is 4.11. The van der Waals surface area contributed by atoms with Crippen LogP contribution >= 0.6 is 23.2 Å². The first kappa shape index (κ1) is 13.7. The molecule has 1 aromatic heterocycles. The van der Waals surface area contributed by atoms with Gasteiger partial charge in [0.2, 0.25) is 0 Å². The molecule has 5 heteroatoms. The highest BCUT2D eigenvalue weighted by Crippen LogP contribution is 2.30. The summed E-state index contributed by atoms with van der Waals surface area (Å²) in [5.74, 6) is 0.903. The quantitative estimate of drug-likeness (QED) is 0.916. The van der Waals surface area contributed by atoms with E-state index in [0.717, 1.165) is 37.4 Å². The molecule has 0 radical (unpaired) electrons. The van der Waals surface area contributed by atoms with Crippen LogP contribution in [0.4, 0.5) is 0 Å². The van der Waals surface area contributed by atoms with Crippen LogP contribution in [0.15, 0.2) is 24.1 Å². The van der Waals surface area contributed by atoms with E-state index in [1.54, 1.807) is 12.3 Å². The summed E-state index contributed by atoms with van der Waals surface area (Å²) in [5.41, 5.74) is 0.760. The Hall–Kier alpha value is -0.770. The van der Waals surface area contributed by atoms with Gasteiger partial charge in [-0.1, -0.05) is 30.1 Å². The predicted molar refractivity (Wildman–Crippen MR) is 73.9 cm³/mol. The summed E-state index contributed by atoms with van der Waals surface area (Å²) < 4.78 is 5.70. The zero-order valence-corrected chi connectivity index (χ0v) is 11.8. The van der Waals surface area contributed by atoms with Gasteiger partial charge in [-0.2, -0.15) is 0 Å². The van der Waals surface area contributed by atoms with Gasteiger partial charge in [0.05, 0.1) is 22.3 Å². The second kappa shape index (κ2) is 6.41. The number of nitrogens with zero attached hydrogens (tertiary/aromatic N) is 1. The van der Waals surface area contributed by atoms with E-state index in [1.807, 2.05) is 6.92 Å². The molecule has 1 unspecified atom stereocenters. The lowest BCUT2D eigenvalue weighted by molar-refractivity contribution is 0.167. The predicted octanol–water partition coefficient (Wildman–Crippen LogP) is 3.73. The van der Waals surface area contributed by atoms with Crippen molar-refractivity contribution in [3.05, 3.63) is 39.8 Å². The molecule has 98 valence electrons. The van der Waals surface area contributed by atoms with E-state index >= 15 is 0 Å². The molecular formula is C13H16Cl2N2O. The maximum absolute atomic E-state index is 6.21. The van der Waals surface area contributed by atoms with Crippen molar-refractivity contribution < 1.29 is 4.74 Å². The van der Waals surface area contributed by atoms with E-state index in [-0.39, 0.29) is 6.04 Å². The highest BCUT2D eigenvalue weighted by atomic mass is 35.5. The first-order valence-corrected chi connectivity index (χ1v) is 6.85. The summed E-state index contributed by atoms with van der Waals surface area (Å²) in [5, 5.41) is 4.44. The topological polar surface area (TPSA) is 34.1 Å². The average molecular weight is 287 g/mol. The Morgan fingerprint density at radius 2 is 2.33 bits per heavy atom. The number of hydrogen-bond acceptors (Lipinski definition) is 3. The molecule has 0 bridgehead atoms. The number of halogens is 2. The summed E-state index contributed by atoms with van der Waals surface area (Å²) in [4.78, 5) is 4.32. The van der Waals surface area contributed by atoms with Crippen molar-refractivity contribution in [2.45, 2.75) is 25.8 Å². The van der Waals surface area contributed by atoms with Crippen molar-refractivity contribution in [1.29, 1.82) is 0 Å². The fourth-order valence-corrected chi connectivity index (χ4v) is 2.44. The summed E-state index contributed by atoms with van der Waals surface area (Å²) >= 11 is 12.1. The van der Waals surface area contributed by atoms with Gasteiger partial charge in [0.1, 0.15) is 11.8 Å². The molecule has 1 N–H and O–H groups in total. The number of aromatic nitrogens is 1. The van der Waals surface area contributed by atoms with Gasteiger partial charge in [0.15, 0.2) is 0 Å². The van der Waals surface area contributed by atoms with Crippen molar-refractivity contribution in [2.75, 3.05) is 13.2 Å². The third-order valence-corrected chi connectivity index (χ3v) is 3.27. The van der Waals surface area contributed by atoms with Crippen molar-refractivity contribution in [1.82, 2.24) is 10.3 Å². The highest BCUT2D eigenvalue weighted by Gasteiger charge is 2.22. The second-order valence-corrected chi connectivity index (χ2v) is 4.95. The van der Waals surface area contributed by atoms with Gasteiger partial charge in [0.25, 0.3) is 0 Å². The lowest BCUT2D eigenvalue weighted by Crippen LogP contribution is -2.26. The lowest BCUT2D eigenvalue weighted by Gasteiger charge is -2.24. The number of pyridine rings is 1. The molecule has 0 spiro atoms. The highest BCUT2D eigenvalue weighted by molar-refractivity contribution is 6.34. The molecule has 1 atom stereocenters. The number of likely N-dealkylation sites (N-methyl/N-ethyl adjacent to an activating group) is 1. The first-order valence-electron chi connectivity index (χ1n) is 6.09. The minimum atomic E-state index is -0.0972. The molecule has 0 saturated heterocycles. The maximum Gasteiger partial charge on any atom is 0.115 e. The Kier molecular flexibility index (Phi) is 4.87. The fraction of sp³-hybridized carbons (Fsp3) is 0.462. The van der Waals surface area contributed by atoms with Gasteiger partial charge in [-0.05, 0) is 31.5 Å². The third kappa shape index (κ3) is 3.16. The van der Waals surface area contributed by atoms with Crippen molar-refractivity contribution >= 4 is 23.2 Å². The molecule has 0 aliphatic carbocycles. The van der Waals surface area contributed by atoms with Gasteiger partial charge in [-0.25, -0.2) is 0 Å². The van der Waals surface area contributed by atoms with Gasteiger partial charge in [-0.15, -0.1) is 0 Å². The zero-order valence-electron chi connectivity index (χ0n) is 10.2. The van der Waals surface area contributed by atoms with Crippen LogP contribution in [0.2, 0.25) is 10.0 Å².